The van der Waals surface area contributed by atoms with Crippen molar-refractivity contribution in [1.29, 1.82) is 0 Å². The van der Waals surface area contributed by atoms with Crippen molar-refractivity contribution in [3.05, 3.63) is 115 Å². The van der Waals surface area contributed by atoms with E-state index in [9.17, 15) is 14.4 Å². The number of nitrogens with one attached hydrogen (secondary N) is 1. The number of nitrogens with zero attached hydrogens (tertiary/aromatic N) is 5. The molecule has 9 rings (SSSR count). The third-order valence-corrected chi connectivity index (χ3v) is 11.3. The maximum absolute atomic E-state index is 13.1. The minimum Gasteiger partial charge on any atom is -0.494 e. The fraction of sp³-hybridized carbons (Fsp3) is 0.304. The van der Waals surface area contributed by atoms with E-state index in [4.69, 9.17) is 18.9 Å². The summed E-state index contributed by atoms with van der Waals surface area (Å²) in [5.74, 6) is 0.848. The van der Waals surface area contributed by atoms with Gasteiger partial charge in [0.05, 0.1) is 29.9 Å². The van der Waals surface area contributed by atoms with Crippen LogP contribution in [0.2, 0.25) is 0 Å². The van der Waals surface area contributed by atoms with Crippen molar-refractivity contribution in [2.24, 2.45) is 7.05 Å². The van der Waals surface area contributed by atoms with E-state index >= 15 is 0 Å². The molecule has 2 aromatic carbocycles. The molecule has 1 saturated carbocycles. The summed E-state index contributed by atoms with van der Waals surface area (Å²) in [5, 5.41) is 4.98. The van der Waals surface area contributed by atoms with Crippen molar-refractivity contribution in [3.8, 4) is 34.5 Å². The molecule has 13 heteroatoms. The Morgan fingerprint density at radius 1 is 0.746 bits per heavy atom. The summed E-state index contributed by atoms with van der Waals surface area (Å²) < 4.78 is 26.3. The van der Waals surface area contributed by atoms with Gasteiger partial charge in [0.1, 0.15) is 24.0 Å². The standard InChI is InChI=1S/C46H44N6O7/c1-28-10-16-39(44(53)49-28)52-45(54)35-15-13-31(25-36(35)46(52)55)56-20-5-3-4-6-21-57-42-8-7-9-43(50-42)59-33-23-32(24-33)58-41-17-12-30(26-48-41)29-11-14-34-37-27-47-19-18-38(37)51(2)40(34)22-29/h7-9,11-15,17-19,22,25-27,32-33,39H,1,3-6,10,16,20-21,23-24H2,2H3,(H,49,53). The number of hydrogen-bond acceptors (Lipinski definition) is 10. The van der Waals surface area contributed by atoms with Crippen LogP contribution in [-0.2, 0) is 11.8 Å². The highest BCUT2D eigenvalue weighted by Crippen LogP contribution is 2.34. The van der Waals surface area contributed by atoms with E-state index in [1.165, 1.54) is 5.39 Å². The lowest BCUT2D eigenvalue weighted by Crippen LogP contribution is -2.51. The maximum atomic E-state index is 13.1. The molecule has 59 heavy (non-hydrogen) atoms. The number of rotatable bonds is 15. The van der Waals surface area contributed by atoms with Crippen LogP contribution in [0.4, 0.5) is 0 Å². The van der Waals surface area contributed by atoms with Gasteiger partial charge in [0, 0.05) is 84.2 Å². The van der Waals surface area contributed by atoms with Gasteiger partial charge in [0.25, 0.3) is 11.8 Å². The molecule has 13 nitrogen and oxygen atoms in total. The number of amides is 3. The molecule has 1 atom stereocenters. The van der Waals surface area contributed by atoms with E-state index in [2.05, 4.69) is 56.7 Å². The molecule has 1 saturated heterocycles. The number of benzene rings is 2. The number of allylic oxidation sites excluding steroid dienone is 1. The number of aryl methyl sites for hydroxylation is 1. The Morgan fingerprint density at radius 3 is 2.31 bits per heavy atom. The molecule has 0 spiro atoms. The quantitative estimate of drug-likeness (QED) is 0.0816. The highest BCUT2D eigenvalue weighted by molar-refractivity contribution is 6.23. The van der Waals surface area contributed by atoms with Crippen molar-refractivity contribution in [2.45, 2.75) is 69.6 Å². The SMILES string of the molecule is C=C1CCC(N2C(=O)c3ccc(OCCCCCCOc4cccc(OC5CC(Oc6ccc(-c7ccc8c9cnccc9n(C)c8c7)cn6)C5)n4)cc3C2=O)C(=O)N1. The van der Waals surface area contributed by atoms with Gasteiger partial charge in [-0.05, 0) is 80.5 Å². The summed E-state index contributed by atoms with van der Waals surface area (Å²) in [6, 6.07) is 22.1. The molecule has 300 valence electrons. The molecular weight excluding hydrogens is 749 g/mol. The van der Waals surface area contributed by atoms with Crippen molar-refractivity contribution in [1.82, 2.24) is 29.7 Å². The number of fused-ring (bicyclic) bond motifs is 4. The summed E-state index contributed by atoms with van der Waals surface area (Å²) >= 11 is 0. The fourth-order valence-corrected chi connectivity index (χ4v) is 7.99. The topological polar surface area (TPSA) is 147 Å². The molecule has 1 aliphatic carbocycles. The van der Waals surface area contributed by atoms with Gasteiger partial charge in [-0.1, -0.05) is 24.8 Å². The third kappa shape index (κ3) is 7.80. The second-order valence-electron chi connectivity index (χ2n) is 15.3. The van der Waals surface area contributed by atoms with Crippen LogP contribution in [0.25, 0.3) is 32.9 Å². The Labute approximate surface area is 341 Å². The van der Waals surface area contributed by atoms with Crippen LogP contribution < -0.4 is 24.3 Å². The van der Waals surface area contributed by atoms with Crippen LogP contribution in [-0.4, -0.2) is 73.6 Å². The first kappa shape index (κ1) is 37.8. The van der Waals surface area contributed by atoms with E-state index in [0.29, 0.717) is 55.1 Å². The number of carbonyl (C=O) groups is 3. The summed E-state index contributed by atoms with van der Waals surface area (Å²) in [6.07, 6.45) is 11.5. The Hall–Kier alpha value is -6.76. The molecule has 4 aromatic heterocycles. The number of carbonyl (C=O) groups excluding carboxylic acids is 3. The number of ether oxygens (including phenoxy) is 4. The summed E-state index contributed by atoms with van der Waals surface area (Å²) in [7, 11) is 2.08. The molecular formula is C46H44N6O7. The molecule has 1 N–H and O–H groups in total. The van der Waals surface area contributed by atoms with Crippen LogP contribution >= 0.6 is 0 Å². The normalized spacial score (nSPS) is 18.8. The molecule has 2 aliphatic heterocycles. The number of unbranched alkanes of at least 4 members (excludes halogenated alkanes) is 3. The van der Waals surface area contributed by atoms with Gasteiger partial charge in [-0.2, -0.15) is 4.98 Å². The smallest absolute Gasteiger partial charge is 0.262 e. The number of imide groups is 1. The molecule has 2 fully saturated rings. The number of pyridine rings is 3. The van der Waals surface area contributed by atoms with Gasteiger partial charge in [0.2, 0.25) is 23.5 Å². The van der Waals surface area contributed by atoms with Crippen molar-refractivity contribution in [3.63, 3.8) is 0 Å². The lowest BCUT2D eigenvalue weighted by molar-refractivity contribution is -0.125. The number of aromatic nitrogens is 4. The van der Waals surface area contributed by atoms with Gasteiger partial charge in [-0.25, -0.2) is 4.98 Å². The first-order chi connectivity index (χ1) is 28.8. The van der Waals surface area contributed by atoms with E-state index in [1.807, 2.05) is 55.0 Å². The molecule has 6 aromatic rings. The molecule has 0 bridgehead atoms. The second kappa shape index (κ2) is 16.2. The van der Waals surface area contributed by atoms with Crippen molar-refractivity contribution in [2.75, 3.05) is 13.2 Å². The third-order valence-electron chi connectivity index (χ3n) is 11.3. The zero-order valence-electron chi connectivity index (χ0n) is 32.8. The minimum absolute atomic E-state index is 0.00689. The number of piperidine rings is 1. The Balaban J connectivity index is 0.664. The second-order valence-corrected chi connectivity index (χ2v) is 15.3. The van der Waals surface area contributed by atoms with E-state index < -0.39 is 17.9 Å². The average molecular weight is 793 g/mol. The van der Waals surface area contributed by atoms with Gasteiger partial charge in [0.15, 0.2) is 0 Å². The van der Waals surface area contributed by atoms with Crippen LogP contribution in [0.3, 0.4) is 0 Å². The number of hydrogen-bond donors (Lipinski definition) is 1. The van der Waals surface area contributed by atoms with E-state index in [-0.39, 0.29) is 29.2 Å². The molecule has 0 radical (unpaired) electrons. The lowest BCUT2D eigenvalue weighted by Gasteiger charge is -2.34. The lowest BCUT2D eigenvalue weighted by atomic mass is 9.92. The van der Waals surface area contributed by atoms with Gasteiger partial charge >= 0.3 is 0 Å². The van der Waals surface area contributed by atoms with Crippen LogP contribution in [0.1, 0.15) is 72.1 Å². The summed E-state index contributed by atoms with van der Waals surface area (Å²) in [5.41, 5.74) is 5.56. The predicted molar refractivity (Wildman–Crippen MR) is 220 cm³/mol. The minimum atomic E-state index is -0.839. The highest BCUT2D eigenvalue weighted by Gasteiger charge is 2.44. The van der Waals surface area contributed by atoms with Crippen LogP contribution in [0.5, 0.6) is 23.4 Å². The molecule has 3 aliphatic rings. The Bertz CT molecular complexity index is 2580. The van der Waals surface area contributed by atoms with Gasteiger partial charge in [-0.15, -0.1) is 0 Å². The summed E-state index contributed by atoms with van der Waals surface area (Å²) in [6.45, 7) is 4.77. The van der Waals surface area contributed by atoms with Crippen LogP contribution in [0, 0.1) is 0 Å². The molecule has 3 amide bonds. The zero-order chi connectivity index (χ0) is 40.5. The Morgan fingerprint density at radius 2 is 1.51 bits per heavy atom. The maximum Gasteiger partial charge on any atom is 0.262 e. The first-order valence-corrected chi connectivity index (χ1v) is 20.1. The van der Waals surface area contributed by atoms with Crippen molar-refractivity contribution < 1.29 is 33.3 Å². The Kier molecular flexibility index (Phi) is 10.4. The molecule has 1 unspecified atom stereocenters. The zero-order valence-corrected chi connectivity index (χ0v) is 32.8. The summed E-state index contributed by atoms with van der Waals surface area (Å²) in [4.78, 5) is 53.0. The van der Waals surface area contributed by atoms with E-state index in [1.54, 1.807) is 18.2 Å². The van der Waals surface area contributed by atoms with E-state index in [0.717, 1.165) is 71.0 Å². The first-order valence-electron chi connectivity index (χ1n) is 20.1. The van der Waals surface area contributed by atoms with Gasteiger partial charge in [-0.3, -0.25) is 24.3 Å². The highest BCUT2D eigenvalue weighted by atomic mass is 16.5. The average Bonchev–Trinajstić information content (AvgIpc) is 3.66. The predicted octanol–water partition coefficient (Wildman–Crippen LogP) is 7.58. The fourth-order valence-electron chi connectivity index (χ4n) is 7.99. The largest absolute Gasteiger partial charge is 0.494 e. The van der Waals surface area contributed by atoms with Crippen LogP contribution in [0.15, 0.2) is 104 Å². The van der Waals surface area contributed by atoms with Crippen molar-refractivity contribution >= 4 is 39.5 Å². The van der Waals surface area contributed by atoms with Gasteiger partial charge < -0.3 is 28.8 Å². The molecule has 6 heterocycles. The monoisotopic (exact) mass is 792 g/mol.